The van der Waals surface area contributed by atoms with E-state index in [-0.39, 0.29) is 6.10 Å². The molecule has 1 aromatic heterocycles. The van der Waals surface area contributed by atoms with E-state index in [4.69, 9.17) is 0 Å². The van der Waals surface area contributed by atoms with Crippen molar-refractivity contribution in [1.82, 2.24) is 10.3 Å². The van der Waals surface area contributed by atoms with Crippen LogP contribution in [0.5, 0.6) is 0 Å². The largest absolute Gasteiger partial charge is 0.391 e. The Balaban J connectivity index is 2.13. The van der Waals surface area contributed by atoms with Gasteiger partial charge in [-0.15, -0.1) is 11.3 Å². The summed E-state index contributed by atoms with van der Waals surface area (Å²) in [5.74, 6) is 0.627. The Morgan fingerprint density at radius 1 is 1.50 bits per heavy atom. The molecule has 1 atom stereocenters. The van der Waals surface area contributed by atoms with Crippen LogP contribution in [-0.2, 0) is 6.42 Å². The van der Waals surface area contributed by atoms with E-state index in [1.54, 1.807) is 17.5 Å². The summed E-state index contributed by atoms with van der Waals surface area (Å²) in [5.41, 5.74) is 0. The normalized spacial score (nSPS) is 13.4. The molecule has 0 aliphatic carbocycles. The second-order valence-corrected chi connectivity index (χ2v) is 4.82. The fourth-order valence-electron chi connectivity index (χ4n) is 1.17. The molecule has 0 radical (unpaired) electrons. The number of aromatic nitrogens is 1. The van der Waals surface area contributed by atoms with E-state index in [1.165, 1.54) is 0 Å². The maximum Gasteiger partial charge on any atom is 0.0951 e. The lowest BCUT2D eigenvalue weighted by atomic mass is 10.2. The number of rotatable bonds is 6. The zero-order valence-electron chi connectivity index (χ0n) is 8.73. The van der Waals surface area contributed by atoms with E-state index in [9.17, 15) is 5.11 Å². The molecule has 1 unspecified atom stereocenters. The molecule has 1 rings (SSSR count). The Kier molecular flexibility index (Phi) is 5.07. The van der Waals surface area contributed by atoms with Gasteiger partial charge in [0.15, 0.2) is 0 Å². The second kappa shape index (κ2) is 6.11. The summed E-state index contributed by atoms with van der Waals surface area (Å²) in [6, 6.07) is 0. The molecule has 14 heavy (non-hydrogen) atoms. The van der Waals surface area contributed by atoms with Crippen molar-refractivity contribution in [2.24, 2.45) is 5.92 Å². The van der Waals surface area contributed by atoms with Gasteiger partial charge < -0.3 is 10.4 Å². The van der Waals surface area contributed by atoms with Gasteiger partial charge in [0.05, 0.1) is 11.1 Å². The van der Waals surface area contributed by atoms with Crippen LogP contribution >= 0.6 is 11.3 Å². The average Bonchev–Trinajstić information content (AvgIpc) is 2.56. The molecule has 1 aromatic rings. The van der Waals surface area contributed by atoms with Crippen LogP contribution in [0.25, 0.3) is 0 Å². The third-order valence-corrected chi connectivity index (χ3v) is 2.63. The minimum Gasteiger partial charge on any atom is -0.391 e. The van der Waals surface area contributed by atoms with Crippen LogP contribution in [0.1, 0.15) is 18.9 Å². The fourth-order valence-corrected chi connectivity index (χ4v) is 1.86. The van der Waals surface area contributed by atoms with Crippen molar-refractivity contribution in [2.75, 3.05) is 13.1 Å². The highest BCUT2D eigenvalue weighted by Crippen LogP contribution is 2.06. The summed E-state index contributed by atoms with van der Waals surface area (Å²) in [4.78, 5) is 4.13. The molecule has 0 aliphatic rings. The van der Waals surface area contributed by atoms with E-state index in [2.05, 4.69) is 24.1 Å². The van der Waals surface area contributed by atoms with E-state index < -0.39 is 0 Å². The SMILES string of the molecule is CC(C)CNCC(O)Cc1nccs1. The zero-order valence-corrected chi connectivity index (χ0v) is 9.55. The number of nitrogens with one attached hydrogen (secondary N) is 1. The van der Waals surface area contributed by atoms with Crippen molar-refractivity contribution >= 4 is 11.3 Å². The van der Waals surface area contributed by atoms with Crippen LogP contribution in [0.2, 0.25) is 0 Å². The molecule has 0 aromatic carbocycles. The van der Waals surface area contributed by atoms with Gasteiger partial charge in [0.1, 0.15) is 0 Å². The lowest BCUT2D eigenvalue weighted by molar-refractivity contribution is 0.170. The van der Waals surface area contributed by atoms with Crippen molar-refractivity contribution < 1.29 is 5.11 Å². The minimum absolute atomic E-state index is 0.320. The zero-order chi connectivity index (χ0) is 10.4. The second-order valence-electron chi connectivity index (χ2n) is 3.84. The van der Waals surface area contributed by atoms with Crippen LogP contribution in [-0.4, -0.2) is 29.3 Å². The molecule has 80 valence electrons. The molecule has 0 spiro atoms. The molecule has 3 nitrogen and oxygen atoms in total. The van der Waals surface area contributed by atoms with Gasteiger partial charge in [-0.1, -0.05) is 13.8 Å². The molecular formula is C10H18N2OS. The van der Waals surface area contributed by atoms with E-state index in [0.717, 1.165) is 11.6 Å². The molecule has 1 heterocycles. The summed E-state index contributed by atoms with van der Waals surface area (Å²) in [6.45, 7) is 5.91. The number of thiazole rings is 1. The summed E-state index contributed by atoms with van der Waals surface area (Å²) < 4.78 is 0. The Hall–Kier alpha value is -0.450. The average molecular weight is 214 g/mol. The highest BCUT2D eigenvalue weighted by Gasteiger charge is 2.06. The van der Waals surface area contributed by atoms with Crippen molar-refractivity contribution in [2.45, 2.75) is 26.4 Å². The first-order valence-electron chi connectivity index (χ1n) is 4.95. The van der Waals surface area contributed by atoms with Gasteiger partial charge in [-0.2, -0.15) is 0 Å². The van der Waals surface area contributed by atoms with E-state index in [1.807, 2.05) is 5.38 Å². The first kappa shape index (κ1) is 11.6. The van der Waals surface area contributed by atoms with Gasteiger partial charge in [0.2, 0.25) is 0 Å². The maximum absolute atomic E-state index is 9.64. The van der Waals surface area contributed by atoms with Crippen LogP contribution in [0.15, 0.2) is 11.6 Å². The summed E-state index contributed by atoms with van der Waals surface area (Å²) >= 11 is 1.59. The van der Waals surface area contributed by atoms with Crippen LogP contribution in [0.3, 0.4) is 0 Å². The minimum atomic E-state index is -0.320. The number of hydrogen-bond donors (Lipinski definition) is 2. The first-order chi connectivity index (χ1) is 6.68. The number of hydrogen-bond acceptors (Lipinski definition) is 4. The third-order valence-electron chi connectivity index (χ3n) is 1.83. The summed E-state index contributed by atoms with van der Waals surface area (Å²) in [5, 5.41) is 15.8. The molecule has 0 aliphatic heterocycles. The van der Waals surface area contributed by atoms with Crippen LogP contribution in [0, 0.1) is 5.92 Å². The Labute approximate surface area is 89.2 Å². The van der Waals surface area contributed by atoms with Crippen molar-refractivity contribution in [3.63, 3.8) is 0 Å². The van der Waals surface area contributed by atoms with Gasteiger partial charge in [-0.05, 0) is 12.5 Å². The molecule has 0 amide bonds. The molecule has 0 fully saturated rings. The molecule has 2 N–H and O–H groups in total. The predicted molar refractivity (Wildman–Crippen MR) is 59.5 cm³/mol. The van der Waals surface area contributed by atoms with Gasteiger partial charge in [0.25, 0.3) is 0 Å². The lowest BCUT2D eigenvalue weighted by Gasteiger charge is -2.11. The molecule has 0 saturated carbocycles. The predicted octanol–water partition coefficient (Wildman–Crippen LogP) is 1.29. The molecule has 0 saturated heterocycles. The quantitative estimate of drug-likeness (QED) is 0.750. The highest BCUT2D eigenvalue weighted by atomic mass is 32.1. The van der Waals surface area contributed by atoms with E-state index >= 15 is 0 Å². The van der Waals surface area contributed by atoms with Crippen molar-refractivity contribution in [3.05, 3.63) is 16.6 Å². The standard InChI is InChI=1S/C10H18N2OS/c1-8(2)6-11-7-9(13)5-10-12-3-4-14-10/h3-4,8-9,11,13H,5-7H2,1-2H3. The number of aliphatic hydroxyl groups is 1. The van der Waals surface area contributed by atoms with Crippen molar-refractivity contribution in [1.29, 1.82) is 0 Å². The number of aliphatic hydroxyl groups excluding tert-OH is 1. The Morgan fingerprint density at radius 3 is 2.86 bits per heavy atom. The summed E-state index contributed by atoms with van der Waals surface area (Å²) in [6.07, 6.45) is 2.11. The van der Waals surface area contributed by atoms with Crippen LogP contribution in [0.4, 0.5) is 0 Å². The smallest absolute Gasteiger partial charge is 0.0951 e. The van der Waals surface area contributed by atoms with Gasteiger partial charge in [-0.3, -0.25) is 0 Å². The topological polar surface area (TPSA) is 45.1 Å². The lowest BCUT2D eigenvalue weighted by Crippen LogP contribution is -2.30. The molecular weight excluding hydrogens is 196 g/mol. The van der Waals surface area contributed by atoms with Gasteiger partial charge in [0, 0.05) is 24.5 Å². The van der Waals surface area contributed by atoms with Crippen molar-refractivity contribution in [3.8, 4) is 0 Å². The number of nitrogens with zero attached hydrogens (tertiary/aromatic N) is 1. The monoisotopic (exact) mass is 214 g/mol. The van der Waals surface area contributed by atoms with Crippen LogP contribution < -0.4 is 5.32 Å². The van der Waals surface area contributed by atoms with E-state index in [0.29, 0.717) is 18.9 Å². The van der Waals surface area contributed by atoms with Gasteiger partial charge in [-0.25, -0.2) is 4.98 Å². The molecule has 0 bridgehead atoms. The molecule has 4 heteroatoms. The fraction of sp³-hybridized carbons (Fsp3) is 0.700. The Bertz CT molecular complexity index is 236. The first-order valence-corrected chi connectivity index (χ1v) is 5.83. The highest BCUT2D eigenvalue weighted by molar-refractivity contribution is 7.09. The Morgan fingerprint density at radius 2 is 2.29 bits per heavy atom. The summed E-state index contributed by atoms with van der Waals surface area (Å²) in [7, 11) is 0. The van der Waals surface area contributed by atoms with Gasteiger partial charge >= 0.3 is 0 Å². The third kappa shape index (κ3) is 4.69. The maximum atomic E-state index is 9.64.